The summed E-state index contributed by atoms with van der Waals surface area (Å²) in [7, 11) is 1.65. The van der Waals surface area contributed by atoms with Crippen LogP contribution in [0, 0.1) is 6.92 Å². The van der Waals surface area contributed by atoms with Crippen molar-refractivity contribution in [2.75, 3.05) is 38.3 Å². The first kappa shape index (κ1) is 23.7. The van der Waals surface area contributed by atoms with E-state index in [9.17, 15) is 14.7 Å². The average molecular weight is 464 g/mol. The van der Waals surface area contributed by atoms with Crippen LogP contribution in [0.5, 0.6) is 0 Å². The van der Waals surface area contributed by atoms with Gasteiger partial charge in [0.1, 0.15) is 16.3 Å². The molecule has 0 atom stereocenters. The van der Waals surface area contributed by atoms with E-state index in [4.69, 9.17) is 9.72 Å². The minimum absolute atomic E-state index is 0.0226. The SMILES string of the molecule is COCCn1c(-c2ccc(SC(C)(C)C(=O)O)cc2)nc(C(=O)N2CCSCC2)c1C. The molecule has 1 aliphatic heterocycles. The van der Waals surface area contributed by atoms with Gasteiger partial charge < -0.3 is 19.3 Å². The molecule has 1 amide bonds. The third kappa shape index (κ3) is 5.45. The van der Waals surface area contributed by atoms with Crippen molar-refractivity contribution in [2.24, 2.45) is 0 Å². The fourth-order valence-electron chi connectivity index (χ4n) is 3.34. The maximum Gasteiger partial charge on any atom is 0.319 e. The highest BCUT2D eigenvalue weighted by Crippen LogP contribution is 2.34. The third-order valence-corrected chi connectivity index (χ3v) is 7.38. The molecule has 31 heavy (non-hydrogen) atoms. The normalized spacial score (nSPS) is 14.6. The molecule has 1 N–H and O–H groups in total. The zero-order valence-corrected chi connectivity index (χ0v) is 20.0. The van der Waals surface area contributed by atoms with E-state index < -0.39 is 10.7 Å². The number of carboxylic acids is 1. The Balaban J connectivity index is 1.92. The van der Waals surface area contributed by atoms with Gasteiger partial charge in [0.25, 0.3) is 5.91 Å². The third-order valence-electron chi connectivity index (χ3n) is 5.24. The number of ether oxygens (including phenoxy) is 1. The number of benzene rings is 1. The first-order chi connectivity index (χ1) is 14.7. The second-order valence-corrected chi connectivity index (χ2v) is 10.8. The van der Waals surface area contributed by atoms with E-state index in [1.807, 2.05) is 52.4 Å². The molecule has 3 rings (SSSR count). The molecule has 0 bridgehead atoms. The maximum atomic E-state index is 13.1. The van der Waals surface area contributed by atoms with Crippen LogP contribution in [0.15, 0.2) is 29.2 Å². The Hall–Kier alpha value is -1.97. The molecule has 0 spiro atoms. The maximum absolute atomic E-state index is 13.1. The number of aliphatic carboxylic acids is 1. The molecule has 1 aliphatic rings. The standard InChI is InChI=1S/C22H29N3O4S2/c1-15-18(20(26)24-10-13-30-14-11-24)23-19(25(15)9-12-29-4)16-5-7-17(8-6-16)31-22(2,3)21(27)28/h5-8H,9-14H2,1-4H3,(H,27,28). The Kier molecular flexibility index (Phi) is 7.72. The van der Waals surface area contributed by atoms with Gasteiger partial charge in [-0.25, -0.2) is 4.98 Å². The van der Waals surface area contributed by atoms with Crippen LogP contribution in [0.4, 0.5) is 0 Å². The predicted octanol–water partition coefficient (Wildman–Crippen LogP) is 3.65. The van der Waals surface area contributed by atoms with Gasteiger partial charge in [0, 0.05) is 54.4 Å². The molecular weight excluding hydrogens is 434 g/mol. The molecule has 1 aromatic carbocycles. The number of aromatic nitrogens is 2. The summed E-state index contributed by atoms with van der Waals surface area (Å²) < 4.78 is 6.38. The van der Waals surface area contributed by atoms with E-state index in [0.717, 1.165) is 46.6 Å². The van der Waals surface area contributed by atoms with Crippen LogP contribution in [0.1, 0.15) is 30.0 Å². The molecule has 2 aromatic rings. The van der Waals surface area contributed by atoms with Crippen molar-refractivity contribution in [1.29, 1.82) is 0 Å². The lowest BCUT2D eigenvalue weighted by molar-refractivity contribution is -0.138. The molecular formula is C22H29N3O4S2. The molecule has 0 unspecified atom stereocenters. The number of rotatable bonds is 8. The lowest BCUT2D eigenvalue weighted by Gasteiger charge is -2.25. The highest BCUT2D eigenvalue weighted by molar-refractivity contribution is 8.01. The Morgan fingerprint density at radius 2 is 1.87 bits per heavy atom. The van der Waals surface area contributed by atoms with E-state index in [1.54, 1.807) is 21.0 Å². The van der Waals surface area contributed by atoms with E-state index >= 15 is 0 Å². The minimum Gasteiger partial charge on any atom is -0.480 e. The summed E-state index contributed by atoms with van der Waals surface area (Å²) in [6.07, 6.45) is 0. The molecule has 0 saturated carbocycles. The van der Waals surface area contributed by atoms with Gasteiger partial charge in [-0.3, -0.25) is 9.59 Å². The molecule has 168 valence electrons. The highest BCUT2D eigenvalue weighted by Gasteiger charge is 2.29. The fourth-order valence-corrected chi connectivity index (χ4v) is 5.19. The Morgan fingerprint density at radius 1 is 1.23 bits per heavy atom. The number of imidazole rings is 1. The second kappa shape index (κ2) is 10.1. The minimum atomic E-state index is -0.915. The lowest BCUT2D eigenvalue weighted by atomic mass is 10.2. The van der Waals surface area contributed by atoms with Gasteiger partial charge in [-0.05, 0) is 32.9 Å². The molecule has 0 radical (unpaired) electrons. The van der Waals surface area contributed by atoms with Gasteiger partial charge >= 0.3 is 5.97 Å². The first-order valence-corrected chi connectivity index (χ1v) is 12.2. The number of carbonyl (C=O) groups excluding carboxylic acids is 1. The summed E-state index contributed by atoms with van der Waals surface area (Å²) >= 11 is 3.16. The molecule has 7 nitrogen and oxygen atoms in total. The highest BCUT2D eigenvalue weighted by atomic mass is 32.2. The van der Waals surface area contributed by atoms with Gasteiger partial charge in [0.05, 0.1) is 6.61 Å². The number of methoxy groups -OCH3 is 1. The van der Waals surface area contributed by atoms with Crippen molar-refractivity contribution in [3.8, 4) is 11.4 Å². The van der Waals surface area contributed by atoms with E-state index in [0.29, 0.717) is 18.8 Å². The summed E-state index contributed by atoms with van der Waals surface area (Å²) in [4.78, 5) is 32.0. The van der Waals surface area contributed by atoms with Gasteiger partial charge in [-0.15, -0.1) is 11.8 Å². The topological polar surface area (TPSA) is 84.7 Å². The van der Waals surface area contributed by atoms with Gasteiger partial charge in [-0.2, -0.15) is 11.8 Å². The van der Waals surface area contributed by atoms with Crippen molar-refractivity contribution in [2.45, 2.75) is 37.0 Å². The van der Waals surface area contributed by atoms with Gasteiger partial charge in [0.15, 0.2) is 0 Å². The van der Waals surface area contributed by atoms with Crippen LogP contribution in [-0.4, -0.2) is 74.5 Å². The number of amides is 1. The van der Waals surface area contributed by atoms with Crippen molar-refractivity contribution in [3.63, 3.8) is 0 Å². The summed E-state index contributed by atoms with van der Waals surface area (Å²) in [5, 5.41) is 9.36. The van der Waals surface area contributed by atoms with Gasteiger partial charge in [-0.1, -0.05) is 12.1 Å². The van der Waals surface area contributed by atoms with E-state index in [1.165, 1.54) is 11.8 Å². The molecule has 9 heteroatoms. The summed E-state index contributed by atoms with van der Waals surface area (Å²) in [6.45, 7) is 7.90. The number of thioether (sulfide) groups is 2. The van der Waals surface area contributed by atoms with Crippen LogP contribution in [0.3, 0.4) is 0 Å². The first-order valence-electron chi connectivity index (χ1n) is 10.2. The molecule has 1 fully saturated rings. The Bertz CT molecular complexity index is 935. The summed E-state index contributed by atoms with van der Waals surface area (Å²) in [5.74, 6) is 1.75. The number of carbonyl (C=O) groups is 2. The van der Waals surface area contributed by atoms with Crippen LogP contribution >= 0.6 is 23.5 Å². The van der Waals surface area contributed by atoms with Gasteiger partial charge in [0.2, 0.25) is 0 Å². The number of carboxylic acid groups (broad SMARTS) is 1. The number of hydrogen-bond donors (Lipinski definition) is 1. The number of hydrogen-bond acceptors (Lipinski definition) is 6. The van der Waals surface area contributed by atoms with E-state index in [2.05, 4.69) is 0 Å². The monoisotopic (exact) mass is 463 g/mol. The zero-order chi connectivity index (χ0) is 22.6. The van der Waals surface area contributed by atoms with Crippen LogP contribution < -0.4 is 0 Å². The molecule has 1 aromatic heterocycles. The zero-order valence-electron chi connectivity index (χ0n) is 18.4. The summed E-state index contributed by atoms with van der Waals surface area (Å²) in [6, 6.07) is 7.66. The largest absolute Gasteiger partial charge is 0.480 e. The van der Waals surface area contributed by atoms with Crippen LogP contribution in [-0.2, 0) is 16.1 Å². The molecule has 1 saturated heterocycles. The molecule has 0 aliphatic carbocycles. The van der Waals surface area contributed by atoms with Crippen molar-refractivity contribution in [1.82, 2.24) is 14.5 Å². The average Bonchev–Trinajstić information content (AvgIpc) is 3.08. The quantitative estimate of drug-likeness (QED) is 0.598. The van der Waals surface area contributed by atoms with Crippen molar-refractivity contribution >= 4 is 35.4 Å². The van der Waals surface area contributed by atoms with Crippen LogP contribution in [0.25, 0.3) is 11.4 Å². The van der Waals surface area contributed by atoms with Crippen molar-refractivity contribution < 1.29 is 19.4 Å². The van der Waals surface area contributed by atoms with Crippen molar-refractivity contribution in [3.05, 3.63) is 35.7 Å². The van der Waals surface area contributed by atoms with E-state index in [-0.39, 0.29) is 5.91 Å². The Labute approximate surface area is 191 Å². The Morgan fingerprint density at radius 3 is 2.45 bits per heavy atom. The van der Waals surface area contributed by atoms with Crippen LogP contribution in [0.2, 0.25) is 0 Å². The predicted molar refractivity (Wildman–Crippen MR) is 125 cm³/mol. The summed E-state index contributed by atoms with van der Waals surface area (Å²) in [5.41, 5.74) is 2.20. The smallest absolute Gasteiger partial charge is 0.319 e. The number of nitrogens with zero attached hydrogens (tertiary/aromatic N) is 3. The second-order valence-electron chi connectivity index (χ2n) is 7.86. The molecule has 2 heterocycles. The lowest BCUT2D eigenvalue weighted by Crippen LogP contribution is -2.38. The fraction of sp³-hybridized carbons (Fsp3) is 0.500.